The van der Waals surface area contributed by atoms with Gasteiger partial charge in [0.15, 0.2) is 0 Å². The highest BCUT2D eigenvalue weighted by Crippen LogP contribution is 2.28. The lowest BCUT2D eigenvalue weighted by molar-refractivity contribution is -0.138. The van der Waals surface area contributed by atoms with Gasteiger partial charge in [-0.2, -0.15) is 14.8 Å². The SMILES string of the molecule is O=C(O)CNC(=O)Cn1ccc2ccc(-c3cnn4ncccc34)cc21. The van der Waals surface area contributed by atoms with Crippen molar-refractivity contribution in [3.63, 3.8) is 0 Å². The van der Waals surface area contributed by atoms with Gasteiger partial charge in [-0.15, -0.1) is 0 Å². The fraction of sp³-hybridized carbons (Fsp3) is 0.111. The molecule has 4 aromatic rings. The van der Waals surface area contributed by atoms with E-state index in [0.29, 0.717) is 0 Å². The number of hydrogen-bond acceptors (Lipinski definition) is 4. The van der Waals surface area contributed by atoms with Crippen LogP contribution < -0.4 is 5.32 Å². The van der Waals surface area contributed by atoms with E-state index in [-0.39, 0.29) is 12.5 Å². The number of nitrogens with zero attached hydrogens (tertiary/aromatic N) is 4. The van der Waals surface area contributed by atoms with Crippen LogP contribution >= 0.6 is 0 Å². The molecule has 0 aliphatic rings. The molecule has 0 saturated carbocycles. The lowest BCUT2D eigenvalue weighted by atomic mass is 10.1. The van der Waals surface area contributed by atoms with Crippen LogP contribution in [0.15, 0.2) is 55.0 Å². The minimum atomic E-state index is -1.07. The molecule has 130 valence electrons. The summed E-state index contributed by atoms with van der Waals surface area (Å²) in [5.41, 5.74) is 3.69. The van der Waals surface area contributed by atoms with Crippen molar-refractivity contribution in [2.45, 2.75) is 6.54 Å². The summed E-state index contributed by atoms with van der Waals surface area (Å²) in [5, 5.41) is 20.4. The highest BCUT2D eigenvalue weighted by molar-refractivity contribution is 5.90. The van der Waals surface area contributed by atoms with Gasteiger partial charge in [-0.1, -0.05) is 12.1 Å². The van der Waals surface area contributed by atoms with Crippen molar-refractivity contribution in [3.8, 4) is 11.1 Å². The molecule has 0 saturated heterocycles. The zero-order valence-electron chi connectivity index (χ0n) is 13.7. The van der Waals surface area contributed by atoms with E-state index in [1.54, 1.807) is 21.6 Å². The van der Waals surface area contributed by atoms with E-state index in [0.717, 1.165) is 27.5 Å². The van der Waals surface area contributed by atoms with Crippen molar-refractivity contribution in [1.82, 2.24) is 24.7 Å². The minimum Gasteiger partial charge on any atom is -0.480 e. The van der Waals surface area contributed by atoms with Crippen molar-refractivity contribution in [3.05, 3.63) is 55.0 Å². The van der Waals surface area contributed by atoms with Gasteiger partial charge in [-0.25, -0.2) is 0 Å². The second kappa shape index (κ2) is 6.32. The maximum absolute atomic E-state index is 11.9. The van der Waals surface area contributed by atoms with Crippen LogP contribution in [0, 0.1) is 0 Å². The van der Waals surface area contributed by atoms with Gasteiger partial charge in [-0.3, -0.25) is 9.59 Å². The normalized spacial score (nSPS) is 11.1. The van der Waals surface area contributed by atoms with E-state index in [1.807, 2.05) is 42.6 Å². The lowest BCUT2D eigenvalue weighted by Gasteiger charge is -2.07. The molecule has 0 bridgehead atoms. The summed E-state index contributed by atoms with van der Waals surface area (Å²) in [6.07, 6.45) is 5.25. The largest absolute Gasteiger partial charge is 0.480 e. The van der Waals surface area contributed by atoms with Crippen molar-refractivity contribution in [2.75, 3.05) is 6.54 Å². The summed E-state index contributed by atoms with van der Waals surface area (Å²) in [6.45, 7) is -0.338. The summed E-state index contributed by atoms with van der Waals surface area (Å²) in [5.74, 6) is -1.42. The molecule has 0 spiro atoms. The number of carboxylic acids is 1. The molecule has 8 nitrogen and oxygen atoms in total. The predicted octanol–water partition coefficient (Wildman–Crippen LogP) is 1.55. The Kier molecular flexibility index (Phi) is 3.85. The molecule has 0 aliphatic carbocycles. The molecule has 1 amide bonds. The average molecular weight is 349 g/mol. The zero-order valence-corrected chi connectivity index (χ0v) is 13.7. The number of carboxylic acid groups (broad SMARTS) is 1. The number of aromatic nitrogens is 4. The predicted molar refractivity (Wildman–Crippen MR) is 94.6 cm³/mol. The molecule has 4 rings (SSSR count). The molecule has 3 aromatic heterocycles. The Hall–Kier alpha value is -3.68. The molecule has 0 unspecified atom stereocenters. The van der Waals surface area contributed by atoms with Crippen LogP contribution in [0.25, 0.3) is 27.5 Å². The van der Waals surface area contributed by atoms with E-state index in [4.69, 9.17) is 5.11 Å². The fourth-order valence-electron chi connectivity index (χ4n) is 2.93. The number of benzene rings is 1. The Balaban J connectivity index is 1.68. The third-order valence-electron chi connectivity index (χ3n) is 4.14. The van der Waals surface area contributed by atoms with E-state index < -0.39 is 12.5 Å². The molecule has 0 fully saturated rings. The van der Waals surface area contributed by atoms with Crippen molar-refractivity contribution in [2.24, 2.45) is 0 Å². The van der Waals surface area contributed by atoms with Gasteiger partial charge in [0.1, 0.15) is 13.1 Å². The van der Waals surface area contributed by atoms with Gasteiger partial charge >= 0.3 is 5.97 Å². The summed E-state index contributed by atoms with van der Waals surface area (Å²) >= 11 is 0. The number of nitrogens with one attached hydrogen (secondary N) is 1. The second-order valence-corrected chi connectivity index (χ2v) is 5.84. The van der Waals surface area contributed by atoms with Gasteiger partial charge in [0.25, 0.3) is 0 Å². The fourth-order valence-corrected chi connectivity index (χ4v) is 2.93. The maximum Gasteiger partial charge on any atom is 0.322 e. The first-order chi connectivity index (χ1) is 12.6. The standard InChI is InChI=1S/C18H15N5O3/c24-17(19-10-18(25)26)11-22-7-5-12-3-4-13(8-16(12)22)14-9-21-23-15(14)2-1-6-20-23/h1-9H,10-11H2,(H,19,24)(H,25,26). The van der Waals surface area contributed by atoms with Gasteiger partial charge < -0.3 is 15.0 Å². The first kappa shape index (κ1) is 15.8. The Bertz CT molecular complexity index is 1130. The minimum absolute atomic E-state index is 0.0521. The van der Waals surface area contributed by atoms with E-state index in [2.05, 4.69) is 15.5 Å². The summed E-state index contributed by atoms with van der Waals surface area (Å²) < 4.78 is 3.36. The molecule has 3 heterocycles. The highest BCUT2D eigenvalue weighted by Gasteiger charge is 2.11. The van der Waals surface area contributed by atoms with Gasteiger partial charge in [0.2, 0.25) is 5.91 Å². The third kappa shape index (κ3) is 2.88. The van der Waals surface area contributed by atoms with E-state index >= 15 is 0 Å². The van der Waals surface area contributed by atoms with Crippen molar-refractivity contribution < 1.29 is 14.7 Å². The molecule has 0 atom stereocenters. The number of carbonyl (C=O) groups excluding carboxylic acids is 1. The number of aliphatic carboxylic acids is 1. The van der Waals surface area contributed by atoms with Crippen LogP contribution in [0.4, 0.5) is 0 Å². The van der Waals surface area contributed by atoms with Crippen molar-refractivity contribution >= 4 is 28.3 Å². The first-order valence-electron chi connectivity index (χ1n) is 7.98. The van der Waals surface area contributed by atoms with Crippen LogP contribution in [0.1, 0.15) is 0 Å². The Morgan fingerprint density at radius 3 is 2.85 bits per heavy atom. The van der Waals surface area contributed by atoms with Crippen LogP contribution in [0.2, 0.25) is 0 Å². The number of fused-ring (bicyclic) bond motifs is 2. The smallest absolute Gasteiger partial charge is 0.322 e. The van der Waals surface area contributed by atoms with Gasteiger partial charge in [-0.05, 0) is 35.2 Å². The average Bonchev–Trinajstić information content (AvgIpc) is 3.24. The molecule has 0 aliphatic heterocycles. The molecule has 2 N–H and O–H groups in total. The van der Waals surface area contributed by atoms with E-state index in [9.17, 15) is 9.59 Å². The summed E-state index contributed by atoms with van der Waals surface area (Å²) in [7, 11) is 0. The zero-order chi connectivity index (χ0) is 18.1. The summed E-state index contributed by atoms with van der Waals surface area (Å²) in [6, 6.07) is 11.7. The Morgan fingerprint density at radius 1 is 1.12 bits per heavy atom. The van der Waals surface area contributed by atoms with Crippen LogP contribution in [-0.4, -0.2) is 42.9 Å². The van der Waals surface area contributed by atoms with Gasteiger partial charge in [0, 0.05) is 23.5 Å². The molecular formula is C18H15N5O3. The topological polar surface area (TPSA) is 102 Å². The monoisotopic (exact) mass is 349 g/mol. The van der Waals surface area contributed by atoms with Crippen LogP contribution in [0.3, 0.4) is 0 Å². The number of carbonyl (C=O) groups is 2. The third-order valence-corrected chi connectivity index (χ3v) is 4.14. The molecular weight excluding hydrogens is 334 g/mol. The Labute approximate surface area is 147 Å². The molecule has 1 aromatic carbocycles. The maximum atomic E-state index is 11.9. The first-order valence-corrected chi connectivity index (χ1v) is 7.98. The number of hydrogen-bond donors (Lipinski definition) is 2. The molecule has 26 heavy (non-hydrogen) atoms. The van der Waals surface area contributed by atoms with Gasteiger partial charge in [0.05, 0.1) is 11.7 Å². The Morgan fingerprint density at radius 2 is 2.00 bits per heavy atom. The molecule has 8 heteroatoms. The van der Waals surface area contributed by atoms with Crippen LogP contribution in [-0.2, 0) is 16.1 Å². The van der Waals surface area contributed by atoms with Crippen LogP contribution in [0.5, 0.6) is 0 Å². The lowest BCUT2D eigenvalue weighted by Crippen LogP contribution is -2.31. The second-order valence-electron chi connectivity index (χ2n) is 5.84. The number of rotatable bonds is 5. The highest BCUT2D eigenvalue weighted by atomic mass is 16.4. The quantitative estimate of drug-likeness (QED) is 0.569. The molecule has 0 radical (unpaired) electrons. The van der Waals surface area contributed by atoms with E-state index in [1.165, 1.54) is 0 Å². The number of amides is 1. The summed E-state index contributed by atoms with van der Waals surface area (Å²) in [4.78, 5) is 22.5. The van der Waals surface area contributed by atoms with Crippen molar-refractivity contribution in [1.29, 1.82) is 0 Å².